The Morgan fingerprint density at radius 3 is 2.07 bits per heavy atom. The molecule has 2 heterocycles. The number of ether oxygens (including phenoxy) is 2. The molecule has 0 spiro atoms. The highest BCUT2D eigenvalue weighted by atomic mass is 35.5. The average molecular weight is 610 g/mol. The summed E-state index contributed by atoms with van der Waals surface area (Å²) in [5.41, 5.74) is 8.27. The number of halogens is 1. The van der Waals surface area contributed by atoms with E-state index in [0.717, 1.165) is 47.5 Å². The molecule has 1 aliphatic heterocycles. The molecule has 0 aliphatic carbocycles. The van der Waals surface area contributed by atoms with Crippen LogP contribution in [0.5, 0.6) is 17.4 Å². The normalized spacial score (nSPS) is 14.3. The number of carbonyl (C=O) groups is 1. The second-order valence-corrected chi connectivity index (χ2v) is 12.0. The van der Waals surface area contributed by atoms with Crippen molar-refractivity contribution < 1.29 is 14.3 Å². The molecule has 0 unspecified atom stereocenters. The number of carbonyl (C=O) groups excluding carboxylic acids is 1. The Morgan fingerprint density at radius 2 is 1.48 bits per heavy atom. The highest BCUT2D eigenvalue weighted by Gasteiger charge is 2.23. The zero-order valence-corrected chi connectivity index (χ0v) is 26.9. The molecular weight excluding hydrogens is 570 g/mol. The van der Waals surface area contributed by atoms with Crippen molar-refractivity contribution in [2.24, 2.45) is 0 Å². The largest absolute Gasteiger partial charge is 0.487 e. The van der Waals surface area contributed by atoms with Gasteiger partial charge in [-0.2, -0.15) is 0 Å². The fourth-order valence-electron chi connectivity index (χ4n) is 5.22. The summed E-state index contributed by atoms with van der Waals surface area (Å²) in [7, 11) is 0. The molecule has 1 aliphatic rings. The highest BCUT2D eigenvalue weighted by molar-refractivity contribution is 6.32. The van der Waals surface area contributed by atoms with E-state index >= 15 is 0 Å². The molecule has 6 nitrogen and oxygen atoms in total. The van der Waals surface area contributed by atoms with Crippen molar-refractivity contribution in [3.63, 3.8) is 0 Å². The number of pyridine rings is 1. The third-order valence-corrected chi connectivity index (χ3v) is 8.45. The smallest absolute Gasteiger partial charge is 0.249 e. The van der Waals surface area contributed by atoms with E-state index in [1.807, 2.05) is 43.9 Å². The van der Waals surface area contributed by atoms with Gasteiger partial charge in [-0.15, -0.1) is 0 Å². The van der Waals surface area contributed by atoms with Crippen LogP contribution in [-0.4, -0.2) is 46.9 Å². The van der Waals surface area contributed by atoms with E-state index in [4.69, 9.17) is 21.1 Å². The molecule has 0 N–H and O–H groups in total. The zero-order valence-electron chi connectivity index (χ0n) is 26.2. The van der Waals surface area contributed by atoms with Gasteiger partial charge in [0.25, 0.3) is 0 Å². The van der Waals surface area contributed by atoms with Crippen LogP contribution < -0.4 is 9.47 Å². The minimum atomic E-state index is 0.0699. The number of allylic oxidation sites excluding steroid dienone is 1. The standard InChI is InChI=1S/C37H40ClN3O3/c1-25-6-10-30(11-7-25)23-40-16-18-41(19-17-40)37(42)29(5)28(4)32-20-27(3)36(34(38)21-32)44-35-15-14-33(22-39-35)43-24-31-12-8-26(2)9-13-31/h6-15,20-22H,16-19,23-24H2,1-5H3/b29-28-. The molecule has 1 fully saturated rings. The minimum Gasteiger partial charge on any atom is -0.487 e. The number of rotatable bonds is 9. The molecular formula is C37H40ClN3O3. The Labute approximate surface area is 265 Å². The quantitative estimate of drug-likeness (QED) is 0.179. The van der Waals surface area contributed by atoms with Crippen LogP contribution in [0.3, 0.4) is 0 Å². The Balaban J connectivity index is 1.19. The van der Waals surface area contributed by atoms with Gasteiger partial charge < -0.3 is 14.4 Å². The van der Waals surface area contributed by atoms with E-state index in [1.54, 1.807) is 12.3 Å². The molecule has 44 heavy (non-hydrogen) atoms. The number of hydrogen-bond donors (Lipinski definition) is 0. The molecule has 0 bridgehead atoms. The van der Waals surface area contributed by atoms with Gasteiger partial charge in [-0.05, 0) is 80.6 Å². The summed E-state index contributed by atoms with van der Waals surface area (Å²) in [6.07, 6.45) is 1.64. The summed E-state index contributed by atoms with van der Waals surface area (Å²) in [5, 5.41) is 0.464. The zero-order chi connectivity index (χ0) is 31.2. The van der Waals surface area contributed by atoms with E-state index < -0.39 is 0 Å². The Bertz CT molecular complexity index is 1600. The number of nitrogens with zero attached hydrogens (tertiary/aromatic N) is 3. The topological polar surface area (TPSA) is 54.9 Å². The summed E-state index contributed by atoms with van der Waals surface area (Å²) < 4.78 is 11.9. The van der Waals surface area contributed by atoms with E-state index in [-0.39, 0.29) is 5.91 Å². The van der Waals surface area contributed by atoms with Gasteiger partial charge in [0, 0.05) is 44.4 Å². The number of aryl methyl sites for hydroxylation is 3. The molecule has 3 aromatic carbocycles. The summed E-state index contributed by atoms with van der Waals surface area (Å²) in [6.45, 7) is 14.5. The van der Waals surface area contributed by atoms with Crippen LogP contribution in [0.15, 0.2) is 84.6 Å². The van der Waals surface area contributed by atoms with Gasteiger partial charge in [0.15, 0.2) is 5.75 Å². The van der Waals surface area contributed by atoms with Gasteiger partial charge in [0.2, 0.25) is 11.8 Å². The van der Waals surface area contributed by atoms with Crippen LogP contribution in [0, 0.1) is 20.8 Å². The average Bonchev–Trinajstić information content (AvgIpc) is 3.03. The Hall–Kier alpha value is -4.13. The van der Waals surface area contributed by atoms with Gasteiger partial charge >= 0.3 is 0 Å². The monoisotopic (exact) mass is 609 g/mol. The number of amides is 1. The Kier molecular flexibility index (Phi) is 10.0. The molecule has 7 heteroatoms. The maximum atomic E-state index is 13.4. The van der Waals surface area contributed by atoms with Crippen molar-refractivity contribution in [3.8, 4) is 17.4 Å². The van der Waals surface area contributed by atoms with Gasteiger partial charge in [-0.3, -0.25) is 9.69 Å². The summed E-state index contributed by atoms with van der Waals surface area (Å²) in [4.78, 5) is 22.2. The van der Waals surface area contributed by atoms with E-state index in [2.05, 4.69) is 72.3 Å². The maximum Gasteiger partial charge on any atom is 0.249 e. The van der Waals surface area contributed by atoms with Crippen LogP contribution in [0.2, 0.25) is 5.02 Å². The van der Waals surface area contributed by atoms with E-state index in [0.29, 0.717) is 42.1 Å². The summed E-state index contributed by atoms with van der Waals surface area (Å²) in [5.74, 6) is 1.69. The lowest BCUT2D eigenvalue weighted by Gasteiger charge is -2.35. The second-order valence-electron chi connectivity index (χ2n) is 11.6. The lowest BCUT2D eigenvalue weighted by Crippen LogP contribution is -2.48. The number of aromatic nitrogens is 1. The molecule has 5 rings (SSSR count). The van der Waals surface area contributed by atoms with E-state index in [9.17, 15) is 4.79 Å². The van der Waals surface area contributed by atoms with Crippen molar-refractivity contribution in [2.45, 2.75) is 47.8 Å². The summed E-state index contributed by atoms with van der Waals surface area (Å²) in [6, 6.07) is 24.4. The molecule has 0 saturated carbocycles. The molecule has 228 valence electrons. The lowest BCUT2D eigenvalue weighted by molar-refractivity contribution is -0.128. The van der Waals surface area contributed by atoms with Crippen LogP contribution in [-0.2, 0) is 17.9 Å². The van der Waals surface area contributed by atoms with Gasteiger partial charge in [0.1, 0.15) is 12.4 Å². The molecule has 0 atom stereocenters. The molecule has 1 saturated heterocycles. The van der Waals surface area contributed by atoms with Gasteiger partial charge in [-0.25, -0.2) is 4.98 Å². The lowest BCUT2D eigenvalue weighted by atomic mass is 9.99. The van der Waals surface area contributed by atoms with Crippen molar-refractivity contribution in [1.82, 2.24) is 14.8 Å². The van der Waals surface area contributed by atoms with Gasteiger partial charge in [0.05, 0.1) is 11.2 Å². The number of hydrogen-bond acceptors (Lipinski definition) is 5. The maximum absolute atomic E-state index is 13.4. The van der Waals surface area contributed by atoms with Crippen molar-refractivity contribution in [1.29, 1.82) is 0 Å². The highest BCUT2D eigenvalue weighted by Crippen LogP contribution is 2.36. The van der Waals surface area contributed by atoms with Gasteiger partial charge in [-0.1, -0.05) is 71.3 Å². The fraction of sp³-hybridized carbons (Fsp3) is 0.297. The van der Waals surface area contributed by atoms with Crippen LogP contribution in [0.4, 0.5) is 0 Å². The number of piperazine rings is 1. The molecule has 4 aromatic rings. The van der Waals surface area contributed by atoms with Crippen molar-refractivity contribution in [3.05, 3.63) is 123 Å². The SMILES string of the molecule is C/C(C(=O)N1CCN(Cc2ccc(C)cc2)CC1)=C(\C)c1cc(C)c(Oc2ccc(OCc3ccc(C)cc3)cn2)c(Cl)c1. The third-order valence-electron chi connectivity index (χ3n) is 8.17. The minimum absolute atomic E-state index is 0.0699. The first-order chi connectivity index (χ1) is 21.2. The summed E-state index contributed by atoms with van der Waals surface area (Å²) >= 11 is 6.71. The van der Waals surface area contributed by atoms with Crippen LogP contribution in [0.25, 0.3) is 5.57 Å². The first-order valence-corrected chi connectivity index (χ1v) is 15.4. The van der Waals surface area contributed by atoms with Crippen molar-refractivity contribution in [2.75, 3.05) is 26.2 Å². The predicted molar refractivity (Wildman–Crippen MR) is 177 cm³/mol. The Morgan fingerprint density at radius 1 is 0.841 bits per heavy atom. The molecule has 1 amide bonds. The predicted octanol–water partition coefficient (Wildman–Crippen LogP) is 8.17. The van der Waals surface area contributed by atoms with E-state index in [1.165, 1.54) is 16.7 Å². The third kappa shape index (κ3) is 7.87. The van der Waals surface area contributed by atoms with Crippen LogP contribution in [0.1, 0.15) is 47.2 Å². The number of benzene rings is 3. The molecule has 0 radical (unpaired) electrons. The van der Waals surface area contributed by atoms with Crippen molar-refractivity contribution >= 4 is 23.1 Å². The fourth-order valence-corrected chi connectivity index (χ4v) is 5.52. The first kappa shape index (κ1) is 31.3. The first-order valence-electron chi connectivity index (χ1n) is 15.0. The molecule has 1 aromatic heterocycles. The second kappa shape index (κ2) is 14.1. The van der Waals surface area contributed by atoms with Crippen LogP contribution >= 0.6 is 11.6 Å².